The van der Waals surface area contributed by atoms with Crippen molar-refractivity contribution in [1.82, 2.24) is 5.32 Å². The van der Waals surface area contributed by atoms with Crippen molar-refractivity contribution in [3.63, 3.8) is 0 Å². The van der Waals surface area contributed by atoms with Gasteiger partial charge in [-0.3, -0.25) is 0 Å². The second-order valence-electron chi connectivity index (χ2n) is 5.79. The summed E-state index contributed by atoms with van der Waals surface area (Å²) in [4.78, 5) is 0. The molecule has 1 N–H and O–H groups in total. The molecule has 1 aromatic rings. The van der Waals surface area contributed by atoms with Crippen LogP contribution in [0.25, 0.3) is 0 Å². The van der Waals surface area contributed by atoms with Gasteiger partial charge in [0.15, 0.2) is 0 Å². The van der Waals surface area contributed by atoms with E-state index in [-0.39, 0.29) is 12.1 Å². The molecule has 0 fully saturated rings. The highest BCUT2D eigenvalue weighted by atomic mass is 16.5. The third-order valence-electron chi connectivity index (χ3n) is 3.93. The molecule has 2 atom stereocenters. The summed E-state index contributed by atoms with van der Waals surface area (Å²) in [7, 11) is 0. The predicted molar refractivity (Wildman–Crippen MR) is 91.6 cm³/mol. The van der Waals surface area contributed by atoms with E-state index in [0.29, 0.717) is 0 Å². The zero-order chi connectivity index (χ0) is 15.3. The number of unbranched alkanes of at least 4 members (excludes halogenated alkanes) is 5. The Balaban J connectivity index is 2.28. The molecule has 2 nitrogen and oxygen atoms in total. The Kier molecular flexibility index (Phi) is 10.2. The minimum Gasteiger partial charge on any atom is -0.377 e. The number of hydrogen-bond acceptors (Lipinski definition) is 2. The first-order valence-corrected chi connectivity index (χ1v) is 8.69. The van der Waals surface area contributed by atoms with Crippen LogP contribution in [0.5, 0.6) is 0 Å². The van der Waals surface area contributed by atoms with E-state index < -0.39 is 0 Å². The van der Waals surface area contributed by atoms with Crippen LogP contribution in [-0.4, -0.2) is 19.3 Å². The standard InChI is InChI=1S/C19H33NO/c1-4-6-7-8-9-13-16-21-17(3)19(20-5-2)18-14-11-10-12-15-18/h10-12,14-15,17,19-20H,4-9,13,16H2,1-3H3. The van der Waals surface area contributed by atoms with Crippen LogP contribution in [-0.2, 0) is 4.74 Å². The highest BCUT2D eigenvalue weighted by Crippen LogP contribution is 2.19. The largest absolute Gasteiger partial charge is 0.377 e. The first-order valence-electron chi connectivity index (χ1n) is 8.69. The predicted octanol–water partition coefficient (Wildman–Crippen LogP) is 5.10. The molecule has 0 aliphatic heterocycles. The normalized spacial score (nSPS) is 14.0. The Morgan fingerprint density at radius 1 is 0.952 bits per heavy atom. The van der Waals surface area contributed by atoms with E-state index in [1.54, 1.807) is 0 Å². The Morgan fingerprint density at radius 2 is 1.62 bits per heavy atom. The molecule has 0 radical (unpaired) electrons. The molecule has 120 valence electrons. The molecule has 21 heavy (non-hydrogen) atoms. The zero-order valence-electron chi connectivity index (χ0n) is 14.1. The molecule has 0 heterocycles. The lowest BCUT2D eigenvalue weighted by Gasteiger charge is -2.25. The molecule has 0 aliphatic rings. The fourth-order valence-electron chi connectivity index (χ4n) is 2.68. The molecular weight excluding hydrogens is 258 g/mol. The van der Waals surface area contributed by atoms with Gasteiger partial charge in [-0.2, -0.15) is 0 Å². The lowest BCUT2D eigenvalue weighted by atomic mass is 10.0. The Hall–Kier alpha value is -0.860. The van der Waals surface area contributed by atoms with E-state index in [4.69, 9.17) is 4.74 Å². The summed E-state index contributed by atoms with van der Waals surface area (Å²) in [5.41, 5.74) is 1.31. The van der Waals surface area contributed by atoms with Crippen LogP contribution >= 0.6 is 0 Å². The maximum atomic E-state index is 6.06. The fourth-order valence-corrected chi connectivity index (χ4v) is 2.68. The molecular formula is C19H33NO. The summed E-state index contributed by atoms with van der Waals surface area (Å²) in [5.74, 6) is 0. The lowest BCUT2D eigenvalue weighted by Crippen LogP contribution is -2.32. The van der Waals surface area contributed by atoms with E-state index in [2.05, 4.69) is 56.4 Å². The van der Waals surface area contributed by atoms with Gasteiger partial charge in [0.25, 0.3) is 0 Å². The minimum atomic E-state index is 0.211. The third-order valence-corrected chi connectivity index (χ3v) is 3.93. The molecule has 0 aliphatic carbocycles. The third kappa shape index (κ3) is 7.63. The average molecular weight is 291 g/mol. The number of likely N-dealkylation sites (N-methyl/N-ethyl adjacent to an activating group) is 1. The van der Waals surface area contributed by atoms with Crippen molar-refractivity contribution in [2.75, 3.05) is 13.2 Å². The Bertz CT molecular complexity index is 339. The summed E-state index contributed by atoms with van der Waals surface area (Å²) >= 11 is 0. The van der Waals surface area contributed by atoms with E-state index in [1.165, 1.54) is 44.1 Å². The van der Waals surface area contributed by atoms with Crippen molar-refractivity contribution in [1.29, 1.82) is 0 Å². The quantitative estimate of drug-likeness (QED) is 0.541. The van der Waals surface area contributed by atoms with Gasteiger partial charge in [-0.25, -0.2) is 0 Å². The van der Waals surface area contributed by atoms with Gasteiger partial charge >= 0.3 is 0 Å². The highest BCUT2D eigenvalue weighted by Gasteiger charge is 2.18. The van der Waals surface area contributed by atoms with E-state index in [9.17, 15) is 0 Å². The molecule has 1 rings (SSSR count). The van der Waals surface area contributed by atoms with Crippen molar-refractivity contribution in [2.45, 2.75) is 71.4 Å². The van der Waals surface area contributed by atoms with E-state index >= 15 is 0 Å². The van der Waals surface area contributed by atoms with Crippen molar-refractivity contribution < 1.29 is 4.74 Å². The van der Waals surface area contributed by atoms with Gasteiger partial charge in [0, 0.05) is 6.61 Å². The molecule has 0 saturated heterocycles. The van der Waals surface area contributed by atoms with Crippen molar-refractivity contribution in [2.24, 2.45) is 0 Å². The Labute approximate surface area is 131 Å². The lowest BCUT2D eigenvalue weighted by molar-refractivity contribution is 0.0364. The monoisotopic (exact) mass is 291 g/mol. The van der Waals surface area contributed by atoms with Gasteiger partial charge in [-0.1, -0.05) is 76.3 Å². The van der Waals surface area contributed by atoms with Gasteiger partial charge in [0.05, 0.1) is 12.1 Å². The smallest absolute Gasteiger partial charge is 0.0741 e. The second kappa shape index (κ2) is 11.8. The average Bonchev–Trinajstić information content (AvgIpc) is 2.52. The summed E-state index contributed by atoms with van der Waals surface area (Å²) < 4.78 is 6.06. The van der Waals surface area contributed by atoms with E-state index in [1.807, 2.05) is 0 Å². The molecule has 0 spiro atoms. The van der Waals surface area contributed by atoms with Crippen molar-refractivity contribution in [3.05, 3.63) is 35.9 Å². The molecule has 0 amide bonds. The molecule has 2 unspecified atom stereocenters. The van der Waals surface area contributed by atoms with Gasteiger partial charge in [-0.15, -0.1) is 0 Å². The molecule has 0 bridgehead atoms. The SMILES string of the molecule is CCCCCCCCOC(C)C(NCC)c1ccccc1. The van der Waals surface area contributed by atoms with Gasteiger partial charge in [-0.05, 0) is 25.5 Å². The minimum absolute atomic E-state index is 0.211. The van der Waals surface area contributed by atoms with Crippen LogP contribution in [0.4, 0.5) is 0 Å². The molecule has 0 aromatic heterocycles. The maximum absolute atomic E-state index is 6.06. The van der Waals surface area contributed by atoms with Gasteiger partial charge in [0.2, 0.25) is 0 Å². The van der Waals surface area contributed by atoms with Crippen LogP contribution in [0.1, 0.15) is 70.9 Å². The summed E-state index contributed by atoms with van der Waals surface area (Å²) in [6, 6.07) is 10.9. The maximum Gasteiger partial charge on any atom is 0.0741 e. The zero-order valence-corrected chi connectivity index (χ0v) is 14.1. The van der Waals surface area contributed by atoms with Crippen LogP contribution in [0.3, 0.4) is 0 Å². The molecule has 1 aromatic carbocycles. The van der Waals surface area contributed by atoms with Crippen LogP contribution < -0.4 is 5.32 Å². The topological polar surface area (TPSA) is 21.3 Å². The number of nitrogens with one attached hydrogen (secondary N) is 1. The van der Waals surface area contributed by atoms with Crippen LogP contribution in [0.15, 0.2) is 30.3 Å². The number of rotatable bonds is 12. The van der Waals surface area contributed by atoms with E-state index in [0.717, 1.165) is 13.2 Å². The summed E-state index contributed by atoms with van der Waals surface area (Å²) in [6.45, 7) is 8.43. The number of benzene rings is 1. The van der Waals surface area contributed by atoms with Crippen LogP contribution in [0.2, 0.25) is 0 Å². The summed E-state index contributed by atoms with van der Waals surface area (Å²) in [6.07, 6.45) is 8.09. The van der Waals surface area contributed by atoms with Crippen molar-refractivity contribution in [3.8, 4) is 0 Å². The van der Waals surface area contributed by atoms with Gasteiger partial charge in [0.1, 0.15) is 0 Å². The number of hydrogen-bond donors (Lipinski definition) is 1. The second-order valence-corrected chi connectivity index (χ2v) is 5.79. The van der Waals surface area contributed by atoms with Crippen LogP contribution in [0, 0.1) is 0 Å². The first-order chi connectivity index (χ1) is 10.3. The molecule has 0 saturated carbocycles. The highest BCUT2D eigenvalue weighted by molar-refractivity contribution is 5.19. The van der Waals surface area contributed by atoms with Gasteiger partial charge < -0.3 is 10.1 Å². The molecule has 2 heteroatoms. The number of ether oxygens (including phenoxy) is 1. The first kappa shape index (κ1) is 18.2. The summed E-state index contributed by atoms with van der Waals surface area (Å²) in [5, 5.41) is 3.54. The fraction of sp³-hybridized carbons (Fsp3) is 0.684. The Morgan fingerprint density at radius 3 is 2.29 bits per heavy atom. The van der Waals surface area contributed by atoms with Crippen molar-refractivity contribution >= 4 is 0 Å².